The molecule has 6 nitrogen and oxygen atoms in total. The first-order valence-electron chi connectivity index (χ1n) is 10.5. The Bertz CT molecular complexity index is 1010. The molecule has 32 heavy (non-hydrogen) atoms. The molecule has 2 amide bonds. The third-order valence-electron chi connectivity index (χ3n) is 5.06. The molecular formula is C26H27N3O3. The standard InChI is InChI=1S/C26H27N3O3/c1-18(2)24(26(32)29-27-17-19-13-15-22(30)16-14-19)28-25(31)23(20-9-5-3-6-10-20)21-11-7-4-8-12-21/h3-18,23-24,30H,1-2H3,(H,28,31)(H,29,32)/b27-17+. The quantitative estimate of drug-likeness (QED) is 0.376. The number of carbonyl (C=O) groups is 2. The summed E-state index contributed by atoms with van der Waals surface area (Å²) >= 11 is 0. The average molecular weight is 430 g/mol. The molecule has 6 heteroatoms. The van der Waals surface area contributed by atoms with Gasteiger partial charge in [0.2, 0.25) is 5.91 Å². The minimum atomic E-state index is -0.755. The van der Waals surface area contributed by atoms with Crippen LogP contribution in [0.3, 0.4) is 0 Å². The predicted octanol–water partition coefficient (Wildman–Crippen LogP) is 3.82. The molecule has 0 aliphatic heterocycles. The Morgan fingerprint density at radius 3 is 1.84 bits per heavy atom. The van der Waals surface area contributed by atoms with E-state index in [9.17, 15) is 14.7 Å². The van der Waals surface area contributed by atoms with Crippen LogP contribution in [0.5, 0.6) is 5.75 Å². The molecule has 0 saturated carbocycles. The van der Waals surface area contributed by atoms with Crippen molar-refractivity contribution in [1.29, 1.82) is 0 Å². The first-order chi connectivity index (χ1) is 15.5. The van der Waals surface area contributed by atoms with E-state index in [0.29, 0.717) is 0 Å². The predicted molar refractivity (Wildman–Crippen MR) is 125 cm³/mol. The fourth-order valence-electron chi connectivity index (χ4n) is 3.36. The Kier molecular flexibility index (Phi) is 7.75. The Balaban J connectivity index is 1.75. The number of rotatable bonds is 8. The van der Waals surface area contributed by atoms with Gasteiger partial charge in [0, 0.05) is 0 Å². The average Bonchev–Trinajstić information content (AvgIpc) is 2.80. The van der Waals surface area contributed by atoms with Gasteiger partial charge in [0.1, 0.15) is 11.8 Å². The molecule has 3 N–H and O–H groups in total. The Morgan fingerprint density at radius 2 is 1.34 bits per heavy atom. The topological polar surface area (TPSA) is 90.8 Å². The van der Waals surface area contributed by atoms with E-state index >= 15 is 0 Å². The molecule has 3 aromatic carbocycles. The number of phenols is 1. The van der Waals surface area contributed by atoms with Crippen molar-refractivity contribution in [3.05, 3.63) is 102 Å². The van der Waals surface area contributed by atoms with Crippen molar-refractivity contribution >= 4 is 18.0 Å². The number of carbonyl (C=O) groups excluding carboxylic acids is 2. The van der Waals surface area contributed by atoms with Gasteiger partial charge >= 0.3 is 0 Å². The minimum absolute atomic E-state index is 0.144. The van der Waals surface area contributed by atoms with Crippen LogP contribution in [0.2, 0.25) is 0 Å². The fraction of sp³-hybridized carbons (Fsp3) is 0.192. The highest BCUT2D eigenvalue weighted by Crippen LogP contribution is 2.25. The van der Waals surface area contributed by atoms with Crippen molar-refractivity contribution in [3.8, 4) is 5.75 Å². The van der Waals surface area contributed by atoms with E-state index in [1.54, 1.807) is 12.1 Å². The second kappa shape index (κ2) is 10.9. The van der Waals surface area contributed by atoms with Gasteiger partial charge in [0.05, 0.1) is 12.1 Å². The molecule has 1 unspecified atom stereocenters. The van der Waals surface area contributed by atoms with Gasteiger partial charge in [-0.25, -0.2) is 5.43 Å². The summed E-state index contributed by atoms with van der Waals surface area (Å²) < 4.78 is 0. The zero-order valence-corrected chi connectivity index (χ0v) is 18.1. The SMILES string of the molecule is CC(C)C(NC(=O)C(c1ccccc1)c1ccccc1)C(=O)N/N=C/c1ccc(O)cc1. The van der Waals surface area contributed by atoms with E-state index in [2.05, 4.69) is 15.8 Å². The van der Waals surface area contributed by atoms with E-state index < -0.39 is 17.9 Å². The maximum Gasteiger partial charge on any atom is 0.262 e. The first-order valence-corrected chi connectivity index (χ1v) is 10.5. The summed E-state index contributed by atoms with van der Waals surface area (Å²) in [7, 11) is 0. The number of hydrogen-bond acceptors (Lipinski definition) is 4. The Labute approximate surface area is 188 Å². The fourth-order valence-corrected chi connectivity index (χ4v) is 3.36. The van der Waals surface area contributed by atoms with Crippen LogP contribution in [0.4, 0.5) is 0 Å². The van der Waals surface area contributed by atoms with Crippen molar-refractivity contribution in [2.24, 2.45) is 11.0 Å². The van der Waals surface area contributed by atoms with Crippen molar-refractivity contribution in [2.45, 2.75) is 25.8 Å². The molecule has 0 aromatic heterocycles. The lowest BCUT2D eigenvalue weighted by molar-refractivity contribution is -0.130. The van der Waals surface area contributed by atoms with Gasteiger partial charge < -0.3 is 10.4 Å². The largest absolute Gasteiger partial charge is 0.508 e. The number of nitrogens with zero attached hydrogens (tertiary/aromatic N) is 1. The third-order valence-corrected chi connectivity index (χ3v) is 5.06. The second-order valence-electron chi connectivity index (χ2n) is 7.81. The number of hydrazone groups is 1. The van der Waals surface area contributed by atoms with Crippen LogP contribution in [-0.4, -0.2) is 29.2 Å². The van der Waals surface area contributed by atoms with E-state index in [0.717, 1.165) is 16.7 Å². The highest BCUT2D eigenvalue weighted by atomic mass is 16.3. The summed E-state index contributed by atoms with van der Waals surface area (Å²) in [6, 6.07) is 24.7. The molecule has 1 atom stereocenters. The molecule has 164 valence electrons. The molecule has 0 heterocycles. The summed E-state index contributed by atoms with van der Waals surface area (Å²) in [6.45, 7) is 3.74. The maximum atomic E-state index is 13.3. The zero-order chi connectivity index (χ0) is 22.9. The minimum Gasteiger partial charge on any atom is -0.508 e. The monoisotopic (exact) mass is 429 g/mol. The first kappa shape index (κ1) is 22.7. The van der Waals surface area contributed by atoms with Gasteiger partial charge in [0.15, 0.2) is 0 Å². The van der Waals surface area contributed by atoms with Crippen molar-refractivity contribution in [2.75, 3.05) is 0 Å². The zero-order valence-electron chi connectivity index (χ0n) is 18.1. The molecular weight excluding hydrogens is 402 g/mol. The number of benzene rings is 3. The molecule has 0 saturated heterocycles. The lowest BCUT2D eigenvalue weighted by atomic mass is 9.89. The van der Waals surface area contributed by atoms with Gasteiger partial charge in [-0.1, -0.05) is 74.5 Å². The Hall–Kier alpha value is -3.93. The van der Waals surface area contributed by atoms with Crippen LogP contribution in [0.25, 0.3) is 0 Å². The van der Waals surface area contributed by atoms with Gasteiger partial charge in [0.25, 0.3) is 5.91 Å². The molecule has 0 spiro atoms. The van der Waals surface area contributed by atoms with Crippen LogP contribution >= 0.6 is 0 Å². The van der Waals surface area contributed by atoms with Crippen LogP contribution < -0.4 is 10.7 Å². The molecule has 0 aliphatic carbocycles. The lowest BCUT2D eigenvalue weighted by Crippen LogP contribution is -2.50. The summed E-state index contributed by atoms with van der Waals surface area (Å²) in [6.07, 6.45) is 1.48. The summed E-state index contributed by atoms with van der Waals surface area (Å²) in [4.78, 5) is 26.1. The highest BCUT2D eigenvalue weighted by Gasteiger charge is 2.29. The summed E-state index contributed by atoms with van der Waals surface area (Å²) in [5.74, 6) is -1.18. The van der Waals surface area contributed by atoms with Gasteiger partial charge in [-0.2, -0.15) is 5.10 Å². The van der Waals surface area contributed by atoms with Crippen LogP contribution in [0.1, 0.15) is 36.5 Å². The number of nitrogens with one attached hydrogen (secondary N) is 2. The van der Waals surface area contributed by atoms with Crippen LogP contribution in [0.15, 0.2) is 90.0 Å². The smallest absolute Gasteiger partial charge is 0.262 e. The maximum absolute atomic E-state index is 13.3. The lowest BCUT2D eigenvalue weighted by Gasteiger charge is -2.24. The number of aromatic hydroxyl groups is 1. The van der Waals surface area contributed by atoms with Crippen molar-refractivity contribution in [3.63, 3.8) is 0 Å². The number of hydrogen-bond donors (Lipinski definition) is 3. The third kappa shape index (κ3) is 6.04. The van der Waals surface area contributed by atoms with E-state index in [-0.39, 0.29) is 17.6 Å². The van der Waals surface area contributed by atoms with Gasteiger partial charge in [-0.15, -0.1) is 0 Å². The molecule has 0 fully saturated rings. The van der Waals surface area contributed by atoms with Crippen molar-refractivity contribution < 1.29 is 14.7 Å². The molecule has 0 aliphatic rings. The number of amides is 2. The molecule has 0 bridgehead atoms. The highest BCUT2D eigenvalue weighted by molar-refractivity contribution is 5.93. The second-order valence-corrected chi connectivity index (χ2v) is 7.81. The summed E-state index contributed by atoms with van der Waals surface area (Å²) in [5, 5.41) is 16.2. The van der Waals surface area contributed by atoms with Crippen LogP contribution in [-0.2, 0) is 9.59 Å². The Morgan fingerprint density at radius 1 is 0.812 bits per heavy atom. The normalized spacial score (nSPS) is 12.1. The van der Waals surface area contributed by atoms with Gasteiger partial charge in [-0.3, -0.25) is 9.59 Å². The van der Waals surface area contributed by atoms with Crippen LogP contribution in [0, 0.1) is 5.92 Å². The van der Waals surface area contributed by atoms with Crippen molar-refractivity contribution in [1.82, 2.24) is 10.7 Å². The van der Waals surface area contributed by atoms with E-state index in [1.807, 2.05) is 74.5 Å². The molecule has 0 radical (unpaired) electrons. The van der Waals surface area contributed by atoms with Gasteiger partial charge in [-0.05, 0) is 46.9 Å². The van der Waals surface area contributed by atoms with E-state index in [4.69, 9.17) is 0 Å². The molecule has 3 rings (SSSR count). The van der Waals surface area contributed by atoms with E-state index in [1.165, 1.54) is 18.3 Å². The number of phenolic OH excluding ortho intramolecular Hbond substituents is 1. The molecule has 3 aromatic rings. The summed E-state index contributed by atoms with van der Waals surface area (Å²) in [5.41, 5.74) is 4.93.